The number of fused-ring (bicyclic) bond motifs is 1. The fraction of sp³-hybridized carbons (Fsp3) is 0.176. The molecular formula is C17H16O5. The summed E-state index contributed by atoms with van der Waals surface area (Å²) in [6, 6.07) is 10.5. The second kappa shape index (κ2) is 6.41. The van der Waals surface area contributed by atoms with E-state index in [1.807, 2.05) is 24.3 Å². The van der Waals surface area contributed by atoms with E-state index in [1.54, 1.807) is 24.3 Å². The minimum absolute atomic E-state index is 0.0938. The molecule has 3 rings (SSSR count). The lowest BCUT2D eigenvalue weighted by Gasteiger charge is -2.04. The van der Waals surface area contributed by atoms with Gasteiger partial charge in [-0.1, -0.05) is 12.1 Å². The van der Waals surface area contributed by atoms with Gasteiger partial charge in [0.25, 0.3) is 0 Å². The van der Waals surface area contributed by atoms with Crippen LogP contribution in [-0.2, 0) is 6.61 Å². The van der Waals surface area contributed by atoms with Gasteiger partial charge in [-0.25, -0.2) is 0 Å². The van der Waals surface area contributed by atoms with Gasteiger partial charge in [-0.05, 0) is 35.9 Å². The zero-order valence-electron chi connectivity index (χ0n) is 11.9. The summed E-state index contributed by atoms with van der Waals surface area (Å²) in [6.45, 7) is 0.447. The largest absolute Gasteiger partial charge is 0.508 e. The first kappa shape index (κ1) is 14.3. The van der Waals surface area contributed by atoms with Crippen molar-refractivity contribution in [3.05, 3.63) is 53.6 Å². The monoisotopic (exact) mass is 300 g/mol. The second-order valence-corrected chi connectivity index (χ2v) is 4.77. The normalized spacial score (nSPS) is 12.8. The van der Waals surface area contributed by atoms with Crippen LogP contribution in [0.25, 0.3) is 6.08 Å². The third-order valence-corrected chi connectivity index (χ3v) is 3.27. The Morgan fingerprint density at radius 3 is 2.82 bits per heavy atom. The molecule has 0 saturated carbocycles. The smallest absolute Gasteiger partial charge is 0.231 e. The van der Waals surface area contributed by atoms with E-state index in [0.717, 1.165) is 11.3 Å². The number of hydrogen-bond acceptors (Lipinski definition) is 5. The third kappa shape index (κ3) is 3.15. The van der Waals surface area contributed by atoms with Gasteiger partial charge in [0, 0.05) is 11.6 Å². The number of benzene rings is 2. The lowest BCUT2D eigenvalue weighted by Crippen LogP contribution is -1.94. The Hall–Kier alpha value is -2.66. The molecule has 5 heteroatoms. The fourth-order valence-corrected chi connectivity index (χ4v) is 2.13. The molecule has 0 radical (unpaired) electrons. The molecule has 2 N–H and O–H groups in total. The molecule has 22 heavy (non-hydrogen) atoms. The van der Waals surface area contributed by atoms with Crippen molar-refractivity contribution >= 4 is 6.08 Å². The van der Waals surface area contributed by atoms with E-state index < -0.39 is 0 Å². The highest BCUT2D eigenvalue weighted by Gasteiger charge is 2.13. The van der Waals surface area contributed by atoms with Crippen molar-refractivity contribution in [3.63, 3.8) is 0 Å². The lowest BCUT2D eigenvalue weighted by molar-refractivity contribution is 0.174. The minimum Gasteiger partial charge on any atom is -0.508 e. The Labute approximate surface area is 128 Å². The van der Waals surface area contributed by atoms with Crippen LogP contribution < -0.4 is 14.2 Å². The van der Waals surface area contributed by atoms with Crippen molar-refractivity contribution in [1.82, 2.24) is 0 Å². The number of aliphatic hydroxyl groups is 1. The standard InChI is InChI=1S/C17H16O5/c18-10-13-8-12(3-5-15(13)19)2-1-7-20-14-4-6-16-17(9-14)22-11-21-16/h1-6,8-9,18-19H,7,10-11H2. The molecule has 2 aromatic rings. The van der Waals surface area contributed by atoms with Crippen LogP contribution in [0.5, 0.6) is 23.0 Å². The summed E-state index contributed by atoms with van der Waals surface area (Å²) >= 11 is 0. The van der Waals surface area contributed by atoms with Gasteiger partial charge in [0.1, 0.15) is 18.1 Å². The van der Waals surface area contributed by atoms with Crippen molar-refractivity contribution in [2.24, 2.45) is 0 Å². The lowest BCUT2D eigenvalue weighted by atomic mass is 10.1. The van der Waals surface area contributed by atoms with E-state index in [1.165, 1.54) is 0 Å². The van der Waals surface area contributed by atoms with Gasteiger partial charge in [0.15, 0.2) is 11.5 Å². The zero-order chi connectivity index (χ0) is 15.4. The van der Waals surface area contributed by atoms with Gasteiger partial charge in [-0.2, -0.15) is 0 Å². The van der Waals surface area contributed by atoms with E-state index >= 15 is 0 Å². The third-order valence-electron chi connectivity index (χ3n) is 3.27. The second-order valence-electron chi connectivity index (χ2n) is 4.77. The summed E-state index contributed by atoms with van der Waals surface area (Å²) < 4.78 is 16.1. The van der Waals surface area contributed by atoms with Gasteiger partial charge in [0.05, 0.1) is 6.61 Å². The highest BCUT2D eigenvalue weighted by atomic mass is 16.7. The van der Waals surface area contributed by atoms with E-state index in [4.69, 9.17) is 19.3 Å². The maximum Gasteiger partial charge on any atom is 0.231 e. The van der Waals surface area contributed by atoms with Crippen molar-refractivity contribution in [2.75, 3.05) is 13.4 Å². The number of aliphatic hydroxyl groups excluding tert-OH is 1. The first-order valence-electron chi connectivity index (χ1n) is 6.88. The molecule has 2 aromatic carbocycles. The molecule has 0 saturated heterocycles. The number of phenols is 1. The maximum absolute atomic E-state index is 9.50. The number of ether oxygens (including phenoxy) is 3. The Balaban J connectivity index is 1.58. The Bertz CT molecular complexity index is 693. The van der Waals surface area contributed by atoms with Gasteiger partial charge in [-0.15, -0.1) is 0 Å². The van der Waals surface area contributed by atoms with Gasteiger partial charge in [-0.3, -0.25) is 0 Å². The van der Waals surface area contributed by atoms with Crippen LogP contribution >= 0.6 is 0 Å². The summed E-state index contributed by atoms with van der Waals surface area (Å²) in [7, 11) is 0. The average Bonchev–Trinajstić information content (AvgIpc) is 3.00. The predicted molar refractivity (Wildman–Crippen MR) is 81.1 cm³/mol. The summed E-state index contributed by atoms with van der Waals surface area (Å²) in [5, 5.41) is 18.6. The molecular weight excluding hydrogens is 284 g/mol. The van der Waals surface area contributed by atoms with Crippen molar-refractivity contribution in [2.45, 2.75) is 6.61 Å². The van der Waals surface area contributed by atoms with E-state index in [-0.39, 0.29) is 19.1 Å². The minimum atomic E-state index is -0.193. The van der Waals surface area contributed by atoms with Crippen LogP contribution in [0.1, 0.15) is 11.1 Å². The highest BCUT2D eigenvalue weighted by molar-refractivity contribution is 5.53. The molecule has 0 fully saturated rings. The molecule has 0 bridgehead atoms. The molecule has 0 atom stereocenters. The number of aromatic hydroxyl groups is 1. The van der Waals surface area contributed by atoms with Crippen LogP contribution in [0, 0.1) is 0 Å². The Morgan fingerprint density at radius 1 is 1.09 bits per heavy atom. The highest BCUT2D eigenvalue weighted by Crippen LogP contribution is 2.35. The van der Waals surface area contributed by atoms with Gasteiger partial charge >= 0.3 is 0 Å². The van der Waals surface area contributed by atoms with Crippen LogP contribution in [0.2, 0.25) is 0 Å². The molecule has 0 aromatic heterocycles. The summed E-state index contributed by atoms with van der Waals surface area (Å²) in [5.41, 5.74) is 1.38. The van der Waals surface area contributed by atoms with Crippen molar-refractivity contribution in [3.8, 4) is 23.0 Å². The van der Waals surface area contributed by atoms with E-state index in [0.29, 0.717) is 23.7 Å². The predicted octanol–water partition coefficient (Wildman–Crippen LogP) is 2.71. The van der Waals surface area contributed by atoms with E-state index in [2.05, 4.69) is 0 Å². The Kier molecular flexibility index (Phi) is 4.16. The van der Waals surface area contributed by atoms with Gasteiger partial charge in [0.2, 0.25) is 6.79 Å². The molecule has 0 amide bonds. The molecule has 0 unspecified atom stereocenters. The SMILES string of the molecule is OCc1cc(C=CCOc2ccc3c(c2)OCO3)ccc1O. The number of hydrogen-bond donors (Lipinski definition) is 2. The average molecular weight is 300 g/mol. The topological polar surface area (TPSA) is 68.2 Å². The summed E-state index contributed by atoms with van der Waals surface area (Å²) in [6.07, 6.45) is 3.73. The number of rotatable bonds is 5. The van der Waals surface area contributed by atoms with Crippen LogP contribution in [-0.4, -0.2) is 23.6 Å². The first-order chi connectivity index (χ1) is 10.8. The zero-order valence-corrected chi connectivity index (χ0v) is 11.9. The first-order valence-corrected chi connectivity index (χ1v) is 6.88. The summed E-state index contributed by atoms with van der Waals surface area (Å²) in [5.74, 6) is 2.21. The van der Waals surface area contributed by atoms with Crippen molar-refractivity contribution in [1.29, 1.82) is 0 Å². The molecule has 1 heterocycles. The molecule has 1 aliphatic rings. The molecule has 0 spiro atoms. The van der Waals surface area contributed by atoms with Crippen LogP contribution in [0.15, 0.2) is 42.5 Å². The van der Waals surface area contributed by atoms with E-state index in [9.17, 15) is 5.11 Å². The fourth-order valence-electron chi connectivity index (χ4n) is 2.13. The van der Waals surface area contributed by atoms with Crippen LogP contribution in [0.4, 0.5) is 0 Å². The quantitative estimate of drug-likeness (QED) is 0.888. The van der Waals surface area contributed by atoms with Crippen molar-refractivity contribution < 1.29 is 24.4 Å². The Morgan fingerprint density at radius 2 is 1.95 bits per heavy atom. The summed E-state index contributed by atoms with van der Waals surface area (Å²) in [4.78, 5) is 0. The molecule has 1 aliphatic heterocycles. The maximum atomic E-state index is 9.50. The molecule has 0 aliphatic carbocycles. The van der Waals surface area contributed by atoms with Crippen LogP contribution in [0.3, 0.4) is 0 Å². The molecule has 114 valence electrons. The van der Waals surface area contributed by atoms with Gasteiger partial charge < -0.3 is 24.4 Å². The molecule has 5 nitrogen and oxygen atoms in total.